The van der Waals surface area contributed by atoms with Crippen LogP contribution in [0.5, 0.6) is 0 Å². The molecular formula is C18H21ClN2O2. The van der Waals surface area contributed by atoms with Crippen LogP contribution in [0.2, 0.25) is 5.02 Å². The summed E-state index contributed by atoms with van der Waals surface area (Å²) in [4.78, 5) is 18.9. The van der Waals surface area contributed by atoms with Gasteiger partial charge in [0.15, 0.2) is 0 Å². The predicted molar refractivity (Wildman–Crippen MR) is 91.4 cm³/mol. The van der Waals surface area contributed by atoms with Crippen LogP contribution in [-0.2, 0) is 16.1 Å². The average Bonchev–Trinajstić information content (AvgIpc) is 2.55. The van der Waals surface area contributed by atoms with Crippen LogP contribution in [0.3, 0.4) is 0 Å². The number of aromatic nitrogens is 1. The van der Waals surface area contributed by atoms with Gasteiger partial charge in [0, 0.05) is 23.2 Å². The molecule has 4 nitrogen and oxygen atoms in total. The number of ether oxygens (including phenoxy) is 1. The number of esters is 1. The summed E-state index contributed by atoms with van der Waals surface area (Å²) in [5.41, 5.74) is 2.01. The van der Waals surface area contributed by atoms with Crippen molar-refractivity contribution < 1.29 is 9.53 Å². The topological polar surface area (TPSA) is 42.4 Å². The van der Waals surface area contributed by atoms with Crippen molar-refractivity contribution in [3.05, 3.63) is 41.0 Å². The number of likely N-dealkylation sites (tertiary alicyclic amines) is 1. The van der Waals surface area contributed by atoms with E-state index in [-0.39, 0.29) is 12.0 Å². The number of hydrogen-bond donors (Lipinski definition) is 0. The minimum absolute atomic E-state index is 0.119. The second-order valence-corrected chi connectivity index (χ2v) is 6.31. The molecule has 23 heavy (non-hydrogen) atoms. The van der Waals surface area contributed by atoms with Crippen LogP contribution < -0.4 is 0 Å². The first-order valence-corrected chi connectivity index (χ1v) is 8.50. The number of halogens is 1. The second kappa shape index (κ2) is 7.28. The van der Waals surface area contributed by atoms with Gasteiger partial charge >= 0.3 is 5.97 Å². The highest BCUT2D eigenvalue weighted by Gasteiger charge is 2.30. The molecule has 0 spiro atoms. The summed E-state index contributed by atoms with van der Waals surface area (Å²) in [7, 11) is 0. The Hall–Kier alpha value is -1.65. The smallest absolute Gasteiger partial charge is 0.323 e. The van der Waals surface area contributed by atoms with E-state index in [1.807, 2.05) is 31.2 Å². The fourth-order valence-electron chi connectivity index (χ4n) is 3.25. The fraction of sp³-hybridized carbons (Fsp3) is 0.444. The molecule has 0 amide bonds. The van der Waals surface area contributed by atoms with Gasteiger partial charge in [-0.2, -0.15) is 0 Å². The predicted octanol–water partition coefficient (Wildman–Crippen LogP) is 3.81. The van der Waals surface area contributed by atoms with Gasteiger partial charge in [0.2, 0.25) is 0 Å². The largest absolute Gasteiger partial charge is 0.465 e. The molecule has 1 aromatic carbocycles. The van der Waals surface area contributed by atoms with Crippen LogP contribution in [0, 0.1) is 0 Å². The van der Waals surface area contributed by atoms with Crippen LogP contribution in [0.1, 0.15) is 31.7 Å². The molecule has 1 aliphatic rings. The average molecular weight is 333 g/mol. The zero-order valence-electron chi connectivity index (χ0n) is 13.3. The SMILES string of the molecule is CCOC(=O)C1CCCCN1Cc1cc(Cl)cc2cccnc12. The van der Waals surface area contributed by atoms with Crippen LogP contribution >= 0.6 is 11.6 Å². The van der Waals surface area contributed by atoms with Gasteiger partial charge in [-0.05, 0) is 50.1 Å². The van der Waals surface area contributed by atoms with Crippen molar-refractivity contribution in [2.24, 2.45) is 0 Å². The van der Waals surface area contributed by atoms with Gasteiger partial charge in [0.1, 0.15) is 6.04 Å². The quantitative estimate of drug-likeness (QED) is 0.798. The highest BCUT2D eigenvalue weighted by atomic mass is 35.5. The molecule has 1 aliphatic heterocycles. The Bertz CT molecular complexity index is 704. The number of rotatable bonds is 4. The normalized spacial score (nSPS) is 19.0. The van der Waals surface area contributed by atoms with Gasteiger partial charge in [0.05, 0.1) is 12.1 Å². The van der Waals surface area contributed by atoms with Crippen LogP contribution in [0.15, 0.2) is 30.5 Å². The second-order valence-electron chi connectivity index (χ2n) is 5.87. The molecular weight excluding hydrogens is 312 g/mol. The Kier molecular flexibility index (Phi) is 5.13. The summed E-state index contributed by atoms with van der Waals surface area (Å²) in [6.07, 6.45) is 4.81. The first kappa shape index (κ1) is 16.2. The minimum atomic E-state index is -0.165. The van der Waals surface area contributed by atoms with Crippen molar-refractivity contribution in [1.29, 1.82) is 0 Å². The van der Waals surface area contributed by atoms with E-state index < -0.39 is 0 Å². The lowest BCUT2D eigenvalue weighted by Crippen LogP contribution is -2.45. The molecule has 122 valence electrons. The number of fused-ring (bicyclic) bond motifs is 1. The first-order valence-electron chi connectivity index (χ1n) is 8.13. The van der Waals surface area contributed by atoms with Crippen LogP contribution in [-0.4, -0.2) is 35.0 Å². The van der Waals surface area contributed by atoms with E-state index in [4.69, 9.17) is 16.3 Å². The molecule has 1 aromatic heterocycles. The molecule has 0 aliphatic carbocycles. The van der Waals surface area contributed by atoms with Gasteiger partial charge < -0.3 is 4.74 Å². The number of carbonyl (C=O) groups excluding carboxylic acids is 1. The lowest BCUT2D eigenvalue weighted by Gasteiger charge is -2.34. The maximum Gasteiger partial charge on any atom is 0.323 e. The molecule has 0 bridgehead atoms. The lowest BCUT2D eigenvalue weighted by molar-refractivity contribution is -0.151. The van der Waals surface area contributed by atoms with Crippen molar-refractivity contribution >= 4 is 28.5 Å². The highest BCUT2D eigenvalue weighted by molar-refractivity contribution is 6.31. The molecule has 0 saturated carbocycles. The number of pyridine rings is 1. The van der Waals surface area contributed by atoms with E-state index in [0.717, 1.165) is 42.3 Å². The molecule has 2 aromatic rings. The lowest BCUT2D eigenvalue weighted by atomic mass is 10.0. The van der Waals surface area contributed by atoms with Crippen LogP contribution in [0.4, 0.5) is 0 Å². The summed E-state index contributed by atoms with van der Waals surface area (Å²) in [6, 6.07) is 7.63. The summed E-state index contributed by atoms with van der Waals surface area (Å²) < 4.78 is 5.24. The Morgan fingerprint density at radius 3 is 3.13 bits per heavy atom. The zero-order chi connectivity index (χ0) is 16.2. The third kappa shape index (κ3) is 3.65. The van der Waals surface area contributed by atoms with Gasteiger partial charge in [-0.3, -0.25) is 14.7 Å². The molecule has 5 heteroatoms. The van der Waals surface area contributed by atoms with E-state index in [1.54, 1.807) is 6.20 Å². The van der Waals surface area contributed by atoms with Gasteiger partial charge in [0.25, 0.3) is 0 Å². The number of benzene rings is 1. The maximum atomic E-state index is 12.2. The standard InChI is InChI=1S/C18H21ClN2O2/c1-2-23-18(22)16-7-3-4-9-21(16)12-14-11-15(19)10-13-6-5-8-20-17(13)14/h5-6,8,10-11,16H,2-4,7,9,12H2,1H3. The minimum Gasteiger partial charge on any atom is -0.465 e. The summed E-state index contributed by atoms with van der Waals surface area (Å²) in [5, 5.41) is 1.73. The fourth-order valence-corrected chi connectivity index (χ4v) is 3.50. The van der Waals surface area contributed by atoms with Crippen LogP contribution in [0.25, 0.3) is 10.9 Å². The molecule has 0 N–H and O–H groups in total. The van der Waals surface area contributed by atoms with E-state index in [9.17, 15) is 4.79 Å². The summed E-state index contributed by atoms with van der Waals surface area (Å²) >= 11 is 6.25. The monoisotopic (exact) mass is 332 g/mol. The molecule has 2 heterocycles. The summed E-state index contributed by atoms with van der Waals surface area (Å²) in [6.45, 7) is 3.83. The number of nitrogens with zero attached hydrogens (tertiary/aromatic N) is 2. The Labute approximate surface area is 141 Å². The van der Waals surface area contributed by atoms with Crippen molar-refractivity contribution in [3.63, 3.8) is 0 Å². The Balaban J connectivity index is 1.89. The number of carbonyl (C=O) groups is 1. The molecule has 0 radical (unpaired) electrons. The van der Waals surface area contributed by atoms with Crippen molar-refractivity contribution in [1.82, 2.24) is 9.88 Å². The molecule has 1 atom stereocenters. The third-order valence-electron chi connectivity index (χ3n) is 4.29. The molecule has 1 fully saturated rings. The van der Waals surface area contributed by atoms with Gasteiger partial charge in [-0.15, -0.1) is 0 Å². The van der Waals surface area contributed by atoms with Crippen molar-refractivity contribution in [2.75, 3.05) is 13.2 Å². The summed E-state index contributed by atoms with van der Waals surface area (Å²) in [5.74, 6) is -0.119. The number of hydrogen-bond acceptors (Lipinski definition) is 4. The van der Waals surface area contributed by atoms with Gasteiger partial charge in [-0.25, -0.2) is 0 Å². The van der Waals surface area contributed by atoms with E-state index >= 15 is 0 Å². The Morgan fingerprint density at radius 2 is 2.30 bits per heavy atom. The molecule has 3 rings (SSSR count). The maximum absolute atomic E-state index is 12.2. The van der Waals surface area contributed by atoms with Crippen molar-refractivity contribution in [3.8, 4) is 0 Å². The highest BCUT2D eigenvalue weighted by Crippen LogP contribution is 2.26. The Morgan fingerprint density at radius 1 is 1.43 bits per heavy atom. The zero-order valence-corrected chi connectivity index (χ0v) is 14.1. The van der Waals surface area contributed by atoms with E-state index in [0.29, 0.717) is 18.2 Å². The first-order chi connectivity index (χ1) is 11.2. The van der Waals surface area contributed by atoms with E-state index in [1.165, 1.54) is 0 Å². The van der Waals surface area contributed by atoms with Crippen molar-refractivity contribution in [2.45, 2.75) is 38.8 Å². The molecule has 1 saturated heterocycles. The van der Waals surface area contributed by atoms with E-state index in [2.05, 4.69) is 9.88 Å². The molecule has 1 unspecified atom stereocenters. The number of piperidine rings is 1. The third-order valence-corrected chi connectivity index (χ3v) is 4.51. The van der Waals surface area contributed by atoms with Gasteiger partial charge in [-0.1, -0.05) is 24.1 Å².